The van der Waals surface area contributed by atoms with Crippen molar-refractivity contribution in [2.24, 2.45) is 16.3 Å². The highest BCUT2D eigenvalue weighted by Crippen LogP contribution is 2.26. The van der Waals surface area contributed by atoms with E-state index in [9.17, 15) is 4.79 Å². The van der Waals surface area contributed by atoms with Gasteiger partial charge in [-0.05, 0) is 25.8 Å². The van der Waals surface area contributed by atoms with E-state index >= 15 is 0 Å². The fourth-order valence-corrected chi connectivity index (χ4v) is 2.31. The number of carbonyl (C=O) groups is 1. The lowest BCUT2D eigenvalue weighted by atomic mass is 9.92. The predicted molar refractivity (Wildman–Crippen MR) is 76.5 cm³/mol. The zero-order valence-corrected chi connectivity index (χ0v) is 13.0. The monoisotopic (exact) mass is 300 g/mol. The first kappa shape index (κ1) is 17.7. The number of methoxy groups -OCH3 is 1. The van der Waals surface area contributed by atoms with Gasteiger partial charge in [0, 0.05) is 4.91 Å². The van der Waals surface area contributed by atoms with Crippen molar-refractivity contribution in [1.82, 2.24) is 0 Å². The Morgan fingerprint density at radius 2 is 2.24 bits per heavy atom. The molecule has 0 aromatic rings. The zero-order valence-electron chi connectivity index (χ0n) is 13.0. The van der Waals surface area contributed by atoms with E-state index in [1.165, 1.54) is 7.11 Å². The first-order chi connectivity index (χ1) is 9.87. The highest BCUT2D eigenvalue weighted by molar-refractivity contribution is 5.75. The van der Waals surface area contributed by atoms with Crippen LogP contribution in [0, 0.1) is 5.41 Å². The van der Waals surface area contributed by atoms with Crippen molar-refractivity contribution in [1.29, 1.82) is 0 Å². The lowest BCUT2D eigenvalue weighted by molar-refractivity contribution is -0.160. The second kappa shape index (κ2) is 7.61. The number of nitrogens with two attached hydrogens (primary N) is 1. The average molecular weight is 300 g/mol. The summed E-state index contributed by atoms with van der Waals surface area (Å²) in [7, 11) is 1.33. The molecular formula is C13H24N4O4. The van der Waals surface area contributed by atoms with Gasteiger partial charge in [-0.3, -0.25) is 4.79 Å². The summed E-state index contributed by atoms with van der Waals surface area (Å²) < 4.78 is 16.1. The van der Waals surface area contributed by atoms with E-state index in [4.69, 9.17) is 25.5 Å². The third-order valence-corrected chi connectivity index (χ3v) is 3.60. The van der Waals surface area contributed by atoms with Gasteiger partial charge in [0.25, 0.3) is 0 Å². The third-order valence-electron chi connectivity index (χ3n) is 3.60. The van der Waals surface area contributed by atoms with Gasteiger partial charge >= 0.3 is 5.97 Å². The Kier molecular flexibility index (Phi) is 6.42. The van der Waals surface area contributed by atoms with Crippen molar-refractivity contribution in [3.8, 4) is 0 Å². The fraction of sp³-hybridized carbons (Fsp3) is 0.923. The molecule has 0 aliphatic carbocycles. The molecule has 4 atom stereocenters. The molecule has 0 spiro atoms. The van der Waals surface area contributed by atoms with Gasteiger partial charge in [-0.25, -0.2) is 0 Å². The average Bonchev–Trinajstić information content (AvgIpc) is 2.46. The molecule has 21 heavy (non-hydrogen) atoms. The van der Waals surface area contributed by atoms with Crippen LogP contribution in [0.2, 0.25) is 0 Å². The van der Waals surface area contributed by atoms with Gasteiger partial charge in [-0.15, -0.1) is 0 Å². The maximum atomic E-state index is 11.7. The van der Waals surface area contributed by atoms with Crippen molar-refractivity contribution in [2.75, 3.05) is 20.3 Å². The number of ether oxygens (including phenoxy) is 3. The summed E-state index contributed by atoms with van der Waals surface area (Å²) in [6, 6.07) is -0.908. The van der Waals surface area contributed by atoms with Crippen molar-refractivity contribution < 1.29 is 19.0 Å². The number of esters is 1. The van der Waals surface area contributed by atoms with Gasteiger partial charge in [0.05, 0.1) is 50.0 Å². The molecule has 0 bridgehead atoms. The number of azide groups is 1. The molecule has 120 valence electrons. The van der Waals surface area contributed by atoms with Gasteiger partial charge in [0.15, 0.2) is 0 Å². The normalized spacial score (nSPS) is 29.6. The Bertz CT molecular complexity index is 409. The summed E-state index contributed by atoms with van der Waals surface area (Å²) in [4.78, 5) is 14.5. The Balaban J connectivity index is 2.81. The van der Waals surface area contributed by atoms with Gasteiger partial charge in [-0.1, -0.05) is 12.0 Å². The molecule has 1 aliphatic rings. The molecule has 0 aromatic heterocycles. The summed E-state index contributed by atoms with van der Waals surface area (Å²) in [6.45, 7) is 5.86. The van der Waals surface area contributed by atoms with Gasteiger partial charge in [0.2, 0.25) is 0 Å². The number of hydrogen-bond acceptors (Lipinski definition) is 6. The molecule has 1 heterocycles. The van der Waals surface area contributed by atoms with Gasteiger partial charge in [-0.2, -0.15) is 0 Å². The molecule has 2 unspecified atom stereocenters. The highest BCUT2D eigenvalue weighted by Gasteiger charge is 2.40. The van der Waals surface area contributed by atoms with Crippen LogP contribution in [0.4, 0.5) is 0 Å². The smallest absolute Gasteiger partial charge is 0.313 e. The molecule has 2 N–H and O–H groups in total. The van der Waals surface area contributed by atoms with Crippen LogP contribution < -0.4 is 5.73 Å². The van der Waals surface area contributed by atoms with Crippen LogP contribution in [0.3, 0.4) is 0 Å². The third kappa shape index (κ3) is 4.31. The second-order valence-electron chi connectivity index (χ2n) is 5.79. The van der Waals surface area contributed by atoms with Crippen molar-refractivity contribution in [3.05, 3.63) is 10.4 Å². The molecule has 0 radical (unpaired) electrons. The van der Waals surface area contributed by atoms with Crippen LogP contribution in [0.5, 0.6) is 0 Å². The molecule has 0 amide bonds. The Morgan fingerprint density at radius 3 is 2.76 bits per heavy atom. The number of nitrogens with zero attached hydrogens (tertiary/aromatic N) is 3. The molecule has 8 nitrogen and oxygen atoms in total. The topological polar surface area (TPSA) is 120 Å². The van der Waals surface area contributed by atoms with Gasteiger partial charge in [0.1, 0.15) is 0 Å². The first-order valence-electron chi connectivity index (χ1n) is 6.98. The second-order valence-corrected chi connectivity index (χ2v) is 5.79. The van der Waals surface area contributed by atoms with E-state index in [1.54, 1.807) is 13.8 Å². The van der Waals surface area contributed by atoms with Crippen LogP contribution in [0.1, 0.15) is 27.2 Å². The standard InChI is InChI=1S/C13H24N4O4/c1-5-9-10(16-17-15)11(8(14)6-20-9)21-7-13(2,3)12(18)19-4/h8-11H,5-7,14H2,1-4H3/t8?,9?,10-,11+/m0/s1. The molecule has 8 heteroatoms. The van der Waals surface area contributed by atoms with Crippen LogP contribution in [-0.2, 0) is 19.0 Å². The van der Waals surface area contributed by atoms with E-state index in [0.717, 1.165) is 0 Å². The lowest BCUT2D eigenvalue weighted by Crippen LogP contribution is -2.57. The largest absolute Gasteiger partial charge is 0.469 e. The maximum absolute atomic E-state index is 11.7. The Morgan fingerprint density at radius 1 is 1.57 bits per heavy atom. The van der Waals surface area contributed by atoms with Crippen molar-refractivity contribution >= 4 is 5.97 Å². The molecule has 0 saturated carbocycles. The molecule has 0 aromatic carbocycles. The Labute approximate surface area is 124 Å². The van der Waals surface area contributed by atoms with E-state index in [1.807, 2.05) is 6.92 Å². The molecule has 1 rings (SSSR count). The zero-order chi connectivity index (χ0) is 16.0. The van der Waals surface area contributed by atoms with Crippen LogP contribution in [0.25, 0.3) is 10.4 Å². The molecular weight excluding hydrogens is 276 g/mol. The van der Waals surface area contributed by atoms with Crippen molar-refractivity contribution in [3.63, 3.8) is 0 Å². The number of carbonyl (C=O) groups excluding carboxylic acids is 1. The highest BCUT2D eigenvalue weighted by atomic mass is 16.5. The molecule has 1 aliphatic heterocycles. The van der Waals surface area contributed by atoms with Gasteiger partial charge < -0.3 is 19.9 Å². The summed E-state index contributed by atoms with van der Waals surface area (Å²) in [6.07, 6.45) is -0.0214. The van der Waals surface area contributed by atoms with E-state index < -0.39 is 23.6 Å². The quantitative estimate of drug-likeness (QED) is 0.344. The van der Waals surface area contributed by atoms with Crippen LogP contribution in [-0.4, -0.2) is 50.6 Å². The minimum absolute atomic E-state index is 0.131. The number of hydrogen-bond donors (Lipinski definition) is 1. The van der Waals surface area contributed by atoms with E-state index in [2.05, 4.69) is 10.0 Å². The number of rotatable bonds is 6. The lowest BCUT2D eigenvalue weighted by Gasteiger charge is -2.40. The van der Waals surface area contributed by atoms with E-state index in [-0.39, 0.29) is 18.7 Å². The summed E-state index contributed by atoms with van der Waals surface area (Å²) in [5.74, 6) is -0.365. The maximum Gasteiger partial charge on any atom is 0.313 e. The predicted octanol–water partition coefficient (Wildman–Crippen LogP) is 1.39. The molecule has 1 fully saturated rings. The fourth-order valence-electron chi connectivity index (χ4n) is 2.31. The molecule has 1 saturated heterocycles. The Hall–Kier alpha value is -1.34. The van der Waals surface area contributed by atoms with Crippen LogP contribution in [0.15, 0.2) is 5.11 Å². The SMILES string of the molecule is CCC1OCC(N)[C@@H](OCC(C)(C)C(=O)OC)[C@H]1N=[N+]=[N-]. The van der Waals surface area contributed by atoms with Crippen LogP contribution >= 0.6 is 0 Å². The summed E-state index contributed by atoms with van der Waals surface area (Å²) >= 11 is 0. The summed E-state index contributed by atoms with van der Waals surface area (Å²) in [5, 5.41) is 3.77. The summed E-state index contributed by atoms with van der Waals surface area (Å²) in [5.41, 5.74) is 13.9. The first-order valence-corrected chi connectivity index (χ1v) is 6.98. The minimum atomic E-state index is -0.796. The van der Waals surface area contributed by atoms with E-state index in [0.29, 0.717) is 13.0 Å². The van der Waals surface area contributed by atoms with Crippen molar-refractivity contribution in [2.45, 2.75) is 51.5 Å². The minimum Gasteiger partial charge on any atom is -0.469 e.